The molecule has 0 spiro atoms. The number of alkyl halides is 2. The highest BCUT2D eigenvalue weighted by molar-refractivity contribution is 7.20. The summed E-state index contributed by atoms with van der Waals surface area (Å²) >= 11 is 2.97. The number of esters is 1. The largest absolute Gasteiger partial charge is 0.452 e. The Kier molecular flexibility index (Phi) is 6.89. The lowest BCUT2D eigenvalue weighted by atomic mass is 10.2. The quantitative estimate of drug-likeness (QED) is 0.521. The van der Waals surface area contributed by atoms with E-state index in [9.17, 15) is 18.4 Å². The van der Waals surface area contributed by atoms with Crippen molar-refractivity contribution in [3.63, 3.8) is 0 Å². The lowest BCUT2D eigenvalue weighted by Gasteiger charge is -2.15. The Morgan fingerprint density at radius 3 is 2.69 bits per heavy atom. The first kappa shape index (κ1) is 20.9. The van der Waals surface area contributed by atoms with Gasteiger partial charge in [0.2, 0.25) is 0 Å². The Hall–Kier alpha value is -2.85. The van der Waals surface area contributed by atoms with E-state index in [0.29, 0.717) is 5.69 Å². The van der Waals surface area contributed by atoms with Gasteiger partial charge in [-0.2, -0.15) is 8.78 Å². The third-order valence-electron chi connectivity index (χ3n) is 3.65. The summed E-state index contributed by atoms with van der Waals surface area (Å²) < 4.78 is 34.4. The van der Waals surface area contributed by atoms with E-state index in [1.165, 1.54) is 36.5 Å². The number of nitrogens with one attached hydrogen (secondary N) is 1. The van der Waals surface area contributed by atoms with Crippen molar-refractivity contribution in [2.45, 2.75) is 26.1 Å². The normalized spacial score (nSPS) is 11.9. The van der Waals surface area contributed by atoms with E-state index in [-0.39, 0.29) is 17.9 Å². The summed E-state index contributed by atoms with van der Waals surface area (Å²) in [7, 11) is 0. The molecular weight excluding hydrogens is 422 g/mol. The lowest BCUT2D eigenvalue weighted by molar-refractivity contribution is -0.152. The van der Waals surface area contributed by atoms with Crippen molar-refractivity contribution in [1.29, 1.82) is 0 Å². The summed E-state index contributed by atoms with van der Waals surface area (Å²) in [4.78, 5) is 29.8. The van der Waals surface area contributed by atoms with Crippen LogP contribution in [0.1, 0.15) is 12.6 Å². The summed E-state index contributed by atoms with van der Waals surface area (Å²) in [5.41, 5.74) is 0.604. The number of benzene rings is 1. The van der Waals surface area contributed by atoms with E-state index in [1.54, 1.807) is 22.8 Å². The third kappa shape index (κ3) is 5.81. The molecule has 0 aliphatic carbocycles. The summed E-state index contributed by atoms with van der Waals surface area (Å²) in [5.74, 6) is -1.47. The fourth-order valence-electron chi connectivity index (χ4n) is 2.34. The van der Waals surface area contributed by atoms with E-state index in [4.69, 9.17) is 4.74 Å². The van der Waals surface area contributed by atoms with Crippen LogP contribution in [0.4, 0.5) is 14.5 Å². The molecule has 2 heterocycles. The standard InChI is InChI=1S/C19H16F2N2O4S2/c1-11(17(25)23-13-5-2-3-6-14(13)27-19(20)21)26-16(24)9-12-10-29-18(22-12)15-7-4-8-28-15/h2-8,10-11,19H,9H2,1H3,(H,23,25). The maximum absolute atomic E-state index is 12.5. The van der Waals surface area contributed by atoms with Crippen LogP contribution < -0.4 is 10.1 Å². The number of hydrogen-bond donors (Lipinski definition) is 1. The van der Waals surface area contributed by atoms with E-state index in [1.807, 2.05) is 17.5 Å². The van der Waals surface area contributed by atoms with Crippen LogP contribution in [-0.4, -0.2) is 29.6 Å². The zero-order chi connectivity index (χ0) is 20.8. The molecule has 10 heteroatoms. The smallest absolute Gasteiger partial charge is 0.387 e. The first-order valence-electron chi connectivity index (χ1n) is 8.45. The molecular formula is C19H16F2N2O4S2. The van der Waals surface area contributed by atoms with E-state index in [2.05, 4.69) is 15.0 Å². The zero-order valence-corrected chi connectivity index (χ0v) is 16.8. The molecule has 152 valence electrons. The van der Waals surface area contributed by atoms with Crippen molar-refractivity contribution in [2.75, 3.05) is 5.32 Å². The molecule has 1 unspecified atom stereocenters. The Morgan fingerprint density at radius 1 is 1.17 bits per heavy atom. The van der Waals surface area contributed by atoms with Crippen LogP contribution in [0.25, 0.3) is 9.88 Å². The number of halogens is 2. The van der Waals surface area contributed by atoms with Gasteiger partial charge in [0.15, 0.2) is 6.10 Å². The maximum Gasteiger partial charge on any atom is 0.387 e. The van der Waals surface area contributed by atoms with E-state index >= 15 is 0 Å². The summed E-state index contributed by atoms with van der Waals surface area (Å²) in [6, 6.07) is 9.61. The predicted molar refractivity (Wildman–Crippen MR) is 106 cm³/mol. The Labute approximate surface area is 173 Å². The summed E-state index contributed by atoms with van der Waals surface area (Å²) in [5, 5.41) is 6.93. The predicted octanol–water partition coefficient (Wildman–Crippen LogP) is 4.59. The van der Waals surface area contributed by atoms with Crippen LogP contribution in [0, 0.1) is 0 Å². The average Bonchev–Trinajstić information content (AvgIpc) is 3.34. The monoisotopic (exact) mass is 438 g/mol. The molecule has 0 fully saturated rings. The van der Waals surface area contributed by atoms with Gasteiger partial charge in [-0.05, 0) is 30.5 Å². The van der Waals surface area contributed by atoms with Crippen LogP contribution in [0.2, 0.25) is 0 Å². The minimum absolute atomic E-state index is 0.0563. The van der Waals surface area contributed by atoms with Gasteiger partial charge in [0.1, 0.15) is 10.8 Å². The Bertz CT molecular complexity index is 976. The first-order chi connectivity index (χ1) is 13.9. The number of thiazole rings is 1. The lowest BCUT2D eigenvalue weighted by Crippen LogP contribution is -2.30. The highest BCUT2D eigenvalue weighted by Gasteiger charge is 2.21. The molecule has 0 saturated heterocycles. The van der Waals surface area contributed by atoms with E-state index < -0.39 is 24.6 Å². The number of thiophene rings is 1. The first-order valence-corrected chi connectivity index (χ1v) is 10.2. The minimum Gasteiger partial charge on any atom is -0.452 e. The number of hydrogen-bond acceptors (Lipinski definition) is 7. The fourth-order valence-corrected chi connectivity index (χ4v) is 3.98. The third-order valence-corrected chi connectivity index (χ3v) is 5.58. The van der Waals surface area contributed by atoms with Gasteiger partial charge in [0.05, 0.1) is 22.7 Å². The number of aromatic nitrogens is 1. The van der Waals surface area contributed by atoms with Gasteiger partial charge in [0, 0.05) is 5.38 Å². The highest BCUT2D eigenvalue weighted by Crippen LogP contribution is 2.28. The van der Waals surface area contributed by atoms with Crippen molar-refractivity contribution in [1.82, 2.24) is 4.98 Å². The Balaban J connectivity index is 1.55. The van der Waals surface area contributed by atoms with E-state index in [0.717, 1.165) is 9.88 Å². The van der Waals surface area contributed by atoms with Gasteiger partial charge < -0.3 is 14.8 Å². The topological polar surface area (TPSA) is 77.5 Å². The number of ether oxygens (including phenoxy) is 2. The van der Waals surface area contributed by atoms with Gasteiger partial charge in [0.25, 0.3) is 5.91 Å². The second-order valence-corrected chi connectivity index (χ2v) is 7.60. The summed E-state index contributed by atoms with van der Waals surface area (Å²) in [6.07, 6.45) is -1.21. The van der Waals surface area contributed by atoms with Crippen molar-refractivity contribution in [3.05, 3.63) is 52.9 Å². The number of anilines is 1. The number of carbonyl (C=O) groups excluding carboxylic acids is 2. The van der Waals surface area contributed by atoms with Gasteiger partial charge in [-0.3, -0.25) is 9.59 Å². The fraction of sp³-hybridized carbons (Fsp3) is 0.211. The molecule has 2 aromatic heterocycles. The molecule has 1 amide bonds. The zero-order valence-electron chi connectivity index (χ0n) is 15.1. The number of nitrogens with zero attached hydrogens (tertiary/aromatic N) is 1. The number of para-hydroxylation sites is 2. The SMILES string of the molecule is CC(OC(=O)Cc1csc(-c2cccs2)n1)C(=O)Nc1ccccc1OC(F)F. The second-order valence-electron chi connectivity index (χ2n) is 5.79. The molecule has 0 aliphatic rings. The van der Waals surface area contributed by atoms with Gasteiger partial charge in [-0.15, -0.1) is 22.7 Å². The van der Waals surface area contributed by atoms with Gasteiger partial charge >= 0.3 is 12.6 Å². The molecule has 0 radical (unpaired) electrons. The summed E-state index contributed by atoms with van der Waals surface area (Å²) in [6.45, 7) is -1.64. The molecule has 0 aliphatic heterocycles. The van der Waals surface area contributed by atoms with Crippen LogP contribution in [0.15, 0.2) is 47.2 Å². The van der Waals surface area contributed by atoms with Crippen LogP contribution in [0.3, 0.4) is 0 Å². The van der Waals surface area contributed by atoms with Crippen molar-refractivity contribution >= 4 is 40.2 Å². The molecule has 1 atom stereocenters. The van der Waals surface area contributed by atoms with Gasteiger partial charge in [-0.25, -0.2) is 4.98 Å². The number of carbonyl (C=O) groups is 2. The maximum atomic E-state index is 12.5. The van der Waals surface area contributed by atoms with Crippen LogP contribution in [-0.2, 0) is 20.7 Å². The molecule has 29 heavy (non-hydrogen) atoms. The highest BCUT2D eigenvalue weighted by atomic mass is 32.1. The molecule has 3 aromatic rings. The van der Waals surface area contributed by atoms with Crippen LogP contribution >= 0.6 is 22.7 Å². The minimum atomic E-state index is -3.03. The van der Waals surface area contributed by atoms with Gasteiger partial charge in [-0.1, -0.05) is 18.2 Å². The van der Waals surface area contributed by atoms with Crippen molar-refractivity contribution in [2.24, 2.45) is 0 Å². The molecule has 3 rings (SSSR count). The van der Waals surface area contributed by atoms with Crippen molar-refractivity contribution < 1.29 is 27.8 Å². The molecule has 6 nitrogen and oxygen atoms in total. The van der Waals surface area contributed by atoms with Crippen LogP contribution in [0.5, 0.6) is 5.75 Å². The molecule has 1 N–H and O–H groups in total. The second kappa shape index (κ2) is 9.57. The van der Waals surface area contributed by atoms with Crippen molar-refractivity contribution in [3.8, 4) is 15.6 Å². The Morgan fingerprint density at radius 2 is 1.97 bits per heavy atom. The number of amides is 1. The number of rotatable bonds is 8. The molecule has 0 bridgehead atoms. The molecule has 0 saturated carbocycles. The molecule has 1 aromatic carbocycles. The average molecular weight is 438 g/mol.